The number of nitrogens with zero attached hydrogens (tertiary/aromatic N) is 4. The Balaban J connectivity index is 1.69. The lowest BCUT2D eigenvalue weighted by molar-refractivity contribution is 0.415. The monoisotopic (exact) mass is 348 g/mol. The summed E-state index contributed by atoms with van der Waals surface area (Å²) < 4.78 is 10.5. The van der Waals surface area contributed by atoms with E-state index in [1.54, 1.807) is 7.11 Å². The molecule has 7 heteroatoms. The average molecular weight is 348 g/mol. The van der Waals surface area contributed by atoms with Crippen molar-refractivity contribution >= 4 is 11.0 Å². The van der Waals surface area contributed by atoms with Crippen LogP contribution in [0.2, 0.25) is 0 Å². The van der Waals surface area contributed by atoms with Gasteiger partial charge in [0.25, 0.3) is 0 Å². The zero-order valence-electron chi connectivity index (χ0n) is 14.3. The van der Waals surface area contributed by atoms with E-state index in [9.17, 15) is 4.79 Å². The van der Waals surface area contributed by atoms with Gasteiger partial charge in [0.2, 0.25) is 5.82 Å². The summed E-state index contributed by atoms with van der Waals surface area (Å²) in [7, 11) is 1.61. The maximum atomic E-state index is 11.9. The maximum Gasteiger partial charge on any atom is 0.336 e. The van der Waals surface area contributed by atoms with Gasteiger partial charge >= 0.3 is 5.63 Å². The van der Waals surface area contributed by atoms with Gasteiger partial charge in [-0.1, -0.05) is 24.3 Å². The first-order valence-electron chi connectivity index (χ1n) is 8.08. The van der Waals surface area contributed by atoms with E-state index >= 15 is 0 Å². The minimum atomic E-state index is -0.397. The SMILES string of the molecule is COc1cccc(-c2nnn(Cc3cc(=O)oc4cc(C)ccc34)n2)c1. The predicted molar refractivity (Wildman–Crippen MR) is 96.1 cm³/mol. The van der Waals surface area contributed by atoms with E-state index in [1.165, 1.54) is 10.9 Å². The Bertz CT molecular complexity index is 1150. The molecule has 0 saturated heterocycles. The predicted octanol–water partition coefficient (Wildman–Crippen LogP) is 2.81. The summed E-state index contributed by atoms with van der Waals surface area (Å²) in [5, 5.41) is 13.5. The van der Waals surface area contributed by atoms with E-state index in [1.807, 2.05) is 49.4 Å². The molecule has 0 radical (unpaired) electrons. The van der Waals surface area contributed by atoms with Crippen molar-refractivity contribution < 1.29 is 9.15 Å². The molecule has 0 spiro atoms. The van der Waals surface area contributed by atoms with Crippen molar-refractivity contribution in [2.24, 2.45) is 0 Å². The number of aromatic nitrogens is 4. The van der Waals surface area contributed by atoms with Crippen LogP contribution in [-0.4, -0.2) is 27.3 Å². The Kier molecular flexibility index (Phi) is 3.96. The summed E-state index contributed by atoms with van der Waals surface area (Å²) >= 11 is 0. The van der Waals surface area contributed by atoms with Crippen molar-refractivity contribution in [1.82, 2.24) is 20.2 Å². The minimum Gasteiger partial charge on any atom is -0.497 e. The molecule has 0 amide bonds. The van der Waals surface area contributed by atoms with E-state index in [-0.39, 0.29) is 0 Å². The molecule has 0 N–H and O–H groups in total. The van der Waals surface area contributed by atoms with E-state index in [0.29, 0.717) is 18.0 Å². The summed E-state index contributed by atoms with van der Waals surface area (Å²) in [6, 6.07) is 14.7. The summed E-state index contributed by atoms with van der Waals surface area (Å²) in [5.41, 5.74) is 2.78. The third kappa shape index (κ3) is 3.06. The summed E-state index contributed by atoms with van der Waals surface area (Å²) in [6.07, 6.45) is 0. The van der Waals surface area contributed by atoms with Crippen LogP contribution < -0.4 is 10.4 Å². The second kappa shape index (κ2) is 6.44. The quantitative estimate of drug-likeness (QED) is 0.527. The molecule has 0 aliphatic rings. The van der Waals surface area contributed by atoms with Crippen LogP contribution in [0.3, 0.4) is 0 Å². The molecule has 7 nitrogen and oxygen atoms in total. The molecular weight excluding hydrogens is 332 g/mol. The molecule has 26 heavy (non-hydrogen) atoms. The number of fused-ring (bicyclic) bond motifs is 1. The number of methoxy groups -OCH3 is 1. The molecule has 0 bridgehead atoms. The Morgan fingerprint density at radius 2 is 2.04 bits per heavy atom. The first kappa shape index (κ1) is 16.0. The van der Waals surface area contributed by atoms with Gasteiger partial charge in [-0.3, -0.25) is 0 Å². The zero-order chi connectivity index (χ0) is 18.1. The molecule has 2 aromatic heterocycles. The van der Waals surface area contributed by atoms with E-state index in [2.05, 4.69) is 15.4 Å². The highest BCUT2D eigenvalue weighted by Gasteiger charge is 2.11. The van der Waals surface area contributed by atoms with Gasteiger partial charge in [0, 0.05) is 17.0 Å². The standard InChI is InChI=1S/C19H16N4O3/c1-12-6-7-16-14(10-18(24)26-17(16)8-12)11-23-21-19(20-22-23)13-4-3-5-15(9-13)25-2/h3-10H,11H2,1-2H3. The Morgan fingerprint density at radius 3 is 2.88 bits per heavy atom. The van der Waals surface area contributed by atoms with Crippen LogP contribution in [0.5, 0.6) is 5.75 Å². The second-order valence-electron chi connectivity index (χ2n) is 5.97. The summed E-state index contributed by atoms with van der Waals surface area (Å²) in [6.45, 7) is 2.27. The van der Waals surface area contributed by atoms with Crippen LogP contribution >= 0.6 is 0 Å². The van der Waals surface area contributed by atoms with Crippen LogP contribution in [0.25, 0.3) is 22.4 Å². The third-order valence-electron chi connectivity index (χ3n) is 4.08. The maximum absolute atomic E-state index is 11.9. The number of hydrogen-bond donors (Lipinski definition) is 0. The van der Waals surface area contributed by atoms with Gasteiger partial charge in [0.05, 0.1) is 13.7 Å². The van der Waals surface area contributed by atoms with E-state index < -0.39 is 5.63 Å². The Labute approximate surface area is 148 Å². The van der Waals surface area contributed by atoms with Gasteiger partial charge in [-0.15, -0.1) is 10.2 Å². The van der Waals surface area contributed by atoms with Crippen LogP contribution in [0.4, 0.5) is 0 Å². The normalized spacial score (nSPS) is 11.0. The number of tetrazole rings is 1. The van der Waals surface area contributed by atoms with Crippen molar-refractivity contribution in [3.05, 3.63) is 70.1 Å². The lowest BCUT2D eigenvalue weighted by Gasteiger charge is -2.05. The van der Waals surface area contributed by atoms with Gasteiger partial charge in [0.1, 0.15) is 11.3 Å². The van der Waals surface area contributed by atoms with E-state index in [4.69, 9.17) is 9.15 Å². The van der Waals surface area contributed by atoms with Crippen LogP contribution in [-0.2, 0) is 6.54 Å². The highest BCUT2D eigenvalue weighted by atomic mass is 16.5. The fourth-order valence-electron chi connectivity index (χ4n) is 2.81. The zero-order valence-corrected chi connectivity index (χ0v) is 14.3. The molecule has 2 aromatic carbocycles. The van der Waals surface area contributed by atoms with Gasteiger partial charge < -0.3 is 9.15 Å². The van der Waals surface area contributed by atoms with Crippen molar-refractivity contribution in [2.45, 2.75) is 13.5 Å². The van der Waals surface area contributed by atoms with Crippen molar-refractivity contribution in [1.29, 1.82) is 0 Å². The fraction of sp³-hybridized carbons (Fsp3) is 0.158. The lowest BCUT2D eigenvalue weighted by atomic mass is 10.1. The average Bonchev–Trinajstić information content (AvgIpc) is 3.10. The highest BCUT2D eigenvalue weighted by molar-refractivity contribution is 5.80. The van der Waals surface area contributed by atoms with Crippen LogP contribution in [0.15, 0.2) is 57.7 Å². The minimum absolute atomic E-state index is 0.322. The van der Waals surface area contributed by atoms with Gasteiger partial charge in [-0.2, -0.15) is 4.80 Å². The molecule has 0 atom stereocenters. The number of benzene rings is 2. The fourth-order valence-corrected chi connectivity index (χ4v) is 2.81. The molecule has 0 fully saturated rings. The lowest BCUT2D eigenvalue weighted by Crippen LogP contribution is -2.08. The molecule has 4 rings (SSSR count). The summed E-state index contributed by atoms with van der Waals surface area (Å²) in [4.78, 5) is 13.3. The first-order chi connectivity index (χ1) is 12.6. The Hall–Kier alpha value is -3.48. The first-order valence-corrected chi connectivity index (χ1v) is 8.08. The molecule has 0 aliphatic carbocycles. The number of ether oxygens (including phenoxy) is 1. The van der Waals surface area contributed by atoms with Crippen LogP contribution in [0, 0.1) is 6.92 Å². The van der Waals surface area contributed by atoms with Gasteiger partial charge in [0.15, 0.2) is 0 Å². The van der Waals surface area contributed by atoms with E-state index in [0.717, 1.165) is 27.8 Å². The highest BCUT2D eigenvalue weighted by Crippen LogP contribution is 2.21. The van der Waals surface area contributed by atoms with Crippen molar-refractivity contribution in [3.63, 3.8) is 0 Å². The second-order valence-corrected chi connectivity index (χ2v) is 5.97. The number of aryl methyl sites for hydroxylation is 1. The van der Waals surface area contributed by atoms with Crippen molar-refractivity contribution in [3.8, 4) is 17.1 Å². The smallest absolute Gasteiger partial charge is 0.336 e. The molecule has 130 valence electrons. The topological polar surface area (TPSA) is 83.0 Å². The summed E-state index contributed by atoms with van der Waals surface area (Å²) in [5.74, 6) is 1.22. The molecule has 2 heterocycles. The van der Waals surface area contributed by atoms with Gasteiger partial charge in [-0.25, -0.2) is 4.79 Å². The van der Waals surface area contributed by atoms with Crippen molar-refractivity contribution in [2.75, 3.05) is 7.11 Å². The third-order valence-corrected chi connectivity index (χ3v) is 4.08. The molecular formula is C19H16N4O3. The van der Waals surface area contributed by atoms with Crippen LogP contribution in [0.1, 0.15) is 11.1 Å². The number of rotatable bonds is 4. The molecule has 0 unspecified atom stereocenters. The number of hydrogen-bond acceptors (Lipinski definition) is 6. The van der Waals surface area contributed by atoms with Gasteiger partial charge in [-0.05, 0) is 41.5 Å². The largest absolute Gasteiger partial charge is 0.497 e. The molecule has 0 aliphatic heterocycles. The molecule has 4 aromatic rings. The Morgan fingerprint density at radius 1 is 1.15 bits per heavy atom. The molecule has 0 saturated carbocycles.